The highest BCUT2D eigenvalue weighted by Gasteiger charge is 2.32. The predicted octanol–water partition coefficient (Wildman–Crippen LogP) is 1.84. The zero-order chi connectivity index (χ0) is 19.4. The Bertz CT molecular complexity index is 828. The molecule has 0 saturated carbocycles. The Morgan fingerprint density at radius 3 is 2.59 bits per heavy atom. The monoisotopic (exact) mass is 372 g/mol. The number of aliphatic hydroxyl groups excluding tert-OH is 1. The summed E-state index contributed by atoms with van der Waals surface area (Å²) in [6.45, 7) is 0.469. The third kappa shape index (κ3) is 4.09. The molecule has 1 saturated heterocycles. The molecule has 2 atom stereocenters. The van der Waals surface area contributed by atoms with Crippen molar-refractivity contribution in [2.75, 3.05) is 20.2 Å². The fraction of sp³-hybridized carbons (Fsp3) is 0.300. The Hall–Kier alpha value is -2.93. The third-order valence-electron chi connectivity index (χ3n) is 4.63. The maximum Gasteiger partial charge on any atom is 0.258 e. The van der Waals surface area contributed by atoms with Crippen molar-refractivity contribution in [3.63, 3.8) is 0 Å². The van der Waals surface area contributed by atoms with Crippen LogP contribution in [0.5, 0.6) is 5.75 Å². The number of aliphatic hydroxyl groups is 1. The molecular weight excluding hydrogens is 351 g/mol. The molecule has 6 nitrogen and oxygen atoms in total. The molecule has 27 heavy (non-hydrogen) atoms. The number of nitrogens with zero attached hydrogens (tertiary/aromatic N) is 1. The lowest BCUT2D eigenvalue weighted by molar-refractivity contribution is 0.0314. The molecule has 2 amide bonds. The number of methoxy groups -OCH3 is 1. The SMILES string of the molecule is COc1cccc(F)c1C(=O)N[C@@H]1CCN(C(=O)c2ccccc2)C[C@H]1O. The standard InChI is InChI=1S/C20H21FN2O4/c1-27-17-9-5-8-14(21)18(17)19(25)22-15-10-11-23(12-16(15)24)20(26)13-6-3-2-4-7-13/h2-9,15-16,24H,10-12H2,1H3,(H,22,25)/t15-,16-/m1/s1. The summed E-state index contributed by atoms with van der Waals surface area (Å²) in [4.78, 5) is 26.5. The lowest BCUT2D eigenvalue weighted by Crippen LogP contribution is -2.55. The highest BCUT2D eigenvalue weighted by atomic mass is 19.1. The second-order valence-electron chi connectivity index (χ2n) is 6.37. The lowest BCUT2D eigenvalue weighted by atomic mass is 10.00. The number of likely N-dealkylation sites (tertiary alicyclic amines) is 1. The van der Waals surface area contributed by atoms with Crippen molar-refractivity contribution < 1.29 is 23.8 Å². The average Bonchev–Trinajstić information content (AvgIpc) is 2.69. The average molecular weight is 372 g/mol. The highest BCUT2D eigenvalue weighted by Crippen LogP contribution is 2.22. The topological polar surface area (TPSA) is 78.9 Å². The van der Waals surface area contributed by atoms with Crippen LogP contribution in [0.1, 0.15) is 27.1 Å². The van der Waals surface area contributed by atoms with Crippen LogP contribution in [0.2, 0.25) is 0 Å². The van der Waals surface area contributed by atoms with Crippen LogP contribution in [0.25, 0.3) is 0 Å². The second kappa shape index (κ2) is 8.18. The smallest absolute Gasteiger partial charge is 0.258 e. The first-order chi connectivity index (χ1) is 13.0. The minimum Gasteiger partial charge on any atom is -0.496 e. The van der Waals surface area contributed by atoms with Crippen molar-refractivity contribution in [1.82, 2.24) is 10.2 Å². The Morgan fingerprint density at radius 2 is 1.93 bits per heavy atom. The Labute approximate surface area is 156 Å². The van der Waals surface area contributed by atoms with Gasteiger partial charge in [0.25, 0.3) is 11.8 Å². The van der Waals surface area contributed by atoms with E-state index < -0.39 is 23.9 Å². The molecule has 0 radical (unpaired) electrons. The molecule has 1 aliphatic heterocycles. The molecule has 0 spiro atoms. The molecule has 0 aromatic heterocycles. The van der Waals surface area contributed by atoms with Crippen molar-refractivity contribution in [3.8, 4) is 5.75 Å². The van der Waals surface area contributed by atoms with Crippen LogP contribution in [0, 0.1) is 5.82 Å². The molecule has 0 aliphatic carbocycles. The molecule has 2 N–H and O–H groups in total. The van der Waals surface area contributed by atoms with E-state index in [9.17, 15) is 19.1 Å². The van der Waals surface area contributed by atoms with Gasteiger partial charge in [0.15, 0.2) is 0 Å². The van der Waals surface area contributed by atoms with Gasteiger partial charge in [-0.15, -0.1) is 0 Å². The van der Waals surface area contributed by atoms with Gasteiger partial charge in [-0.25, -0.2) is 4.39 Å². The Kier molecular flexibility index (Phi) is 5.71. The molecule has 3 rings (SSSR count). The van der Waals surface area contributed by atoms with Crippen LogP contribution >= 0.6 is 0 Å². The number of carbonyl (C=O) groups excluding carboxylic acids is 2. The van der Waals surface area contributed by atoms with Gasteiger partial charge < -0.3 is 20.1 Å². The van der Waals surface area contributed by atoms with Crippen molar-refractivity contribution >= 4 is 11.8 Å². The summed E-state index contributed by atoms with van der Waals surface area (Å²) in [5.74, 6) is -1.40. The minimum absolute atomic E-state index is 0.0904. The van der Waals surface area contributed by atoms with Gasteiger partial charge in [-0.05, 0) is 30.7 Å². The summed E-state index contributed by atoms with van der Waals surface area (Å²) in [7, 11) is 1.36. The zero-order valence-corrected chi connectivity index (χ0v) is 14.9. The predicted molar refractivity (Wildman–Crippen MR) is 97.2 cm³/mol. The van der Waals surface area contributed by atoms with E-state index in [4.69, 9.17) is 4.74 Å². The molecule has 0 unspecified atom stereocenters. The maximum absolute atomic E-state index is 14.0. The molecule has 7 heteroatoms. The number of amides is 2. The van der Waals surface area contributed by atoms with Gasteiger partial charge in [0, 0.05) is 18.7 Å². The van der Waals surface area contributed by atoms with E-state index in [2.05, 4.69) is 5.32 Å². The van der Waals surface area contributed by atoms with E-state index in [1.165, 1.54) is 25.3 Å². The molecular formula is C20H21FN2O4. The van der Waals surface area contributed by atoms with Crippen LogP contribution in [0.15, 0.2) is 48.5 Å². The van der Waals surface area contributed by atoms with Gasteiger partial charge in [0.05, 0.1) is 19.3 Å². The van der Waals surface area contributed by atoms with E-state index in [1.807, 2.05) is 6.07 Å². The molecule has 1 fully saturated rings. The van der Waals surface area contributed by atoms with E-state index in [1.54, 1.807) is 29.2 Å². The fourth-order valence-electron chi connectivity index (χ4n) is 3.18. The van der Waals surface area contributed by atoms with Crippen molar-refractivity contribution in [3.05, 3.63) is 65.5 Å². The zero-order valence-electron chi connectivity index (χ0n) is 14.9. The van der Waals surface area contributed by atoms with E-state index in [-0.39, 0.29) is 23.8 Å². The van der Waals surface area contributed by atoms with Gasteiger partial charge in [0.2, 0.25) is 0 Å². The van der Waals surface area contributed by atoms with Gasteiger partial charge in [0.1, 0.15) is 17.1 Å². The Morgan fingerprint density at radius 1 is 1.19 bits per heavy atom. The number of ether oxygens (including phenoxy) is 1. The van der Waals surface area contributed by atoms with E-state index in [0.717, 1.165) is 0 Å². The van der Waals surface area contributed by atoms with Crippen LogP contribution in [0.3, 0.4) is 0 Å². The minimum atomic E-state index is -0.951. The molecule has 142 valence electrons. The number of nitrogens with one attached hydrogen (secondary N) is 1. The van der Waals surface area contributed by atoms with Gasteiger partial charge in [-0.1, -0.05) is 24.3 Å². The summed E-state index contributed by atoms with van der Waals surface area (Å²) in [5, 5.41) is 13.0. The molecule has 2 aromatic rings. The lowest BCUT2D eigenvalue weighted by Gasteiger charge is -2.36. The number of piperidine rings is 1. The first-order valence-corrected chi connectivity index (χ1v) is 8.67. The largest absolute Gasteiger partial charge is 0.496 e. The van der Waals surface area contributed by atoms with Crippen molar-refractivity contribution in [1.29, 1.82) is 0 Å². The highest BCUT2D eigenvalue weighted by molar-refractivity contribution is 5.97. The first kappa shape index (κ1) is 18.8. The molecule has 2 aromatic carbocycles. The maximum atomic E-state index is 14.0. The molecule has 1 aliphatic rings. The molecule has 1 heterocycles. The second-order valence-corrected chi connectivity index (χ2v) is 6.37. The number of carbonyl (C=O) groups is 2. The summed E-state index contributed by atoms with van der Waals surface area (Å²) in [6, 6.07) is 12.3. The fourth-order valence-corrected chi connectivity index (χ4v) is 3.18. The van der Waals surface area contributed by atoms with Gasteiger partial charge in [-0.2, -0.15) is 0 Å². The van der Waals surface area contributed by atoms with E-state index in [0.29, 0.717) is 18.5 Å². The first-order valence-electron chi connectivity index (χ1n) is 8.67. The number of rotatable bonds is 4. The normalized spacial score (nSPS) is 19.4. The third-order valence-corrected chi connectivity index (χ3v) is 4.63. The van der Waals surface area contributed by atoms with Crippen LogP contribution in [-0.2, 0) is 0 Å². The van der Waals surface area contributed by atoms with E-state index >= 15 is 0 Å². The Balaban J connectivity index is 1.66. The number of halogens is 1. The summed E-state index contributed by atoms with van der Waals surface area (Å²) in [6.07, 6.45) is -0.587. The number of hydrogen-bond acceptors (Lipinski definition) is 4. The van der Waals surface area contributed by atoms with Crippen molar-refractivity contribution in [2.45, 2.75) is 18.6 Å². The van der Waals surface area contributed by atoms with Gasteiger partial charge >= 0.3 is 0 Å². The number of benzene rings is 2. The summed E-state index contributed by atoms with van der Waals surface area (Å²) in [5.41, 5.74) is 0.346. The van der Waals surface area contributed by atoms with Crippen LogP contribution < -0.4 is 10.1 Å². The van der Waals surface area contributed by atoms with Crippen molar-refractivity contribution in [2.24, 2.45) is 0 Å². The van der Waals surface area contributed by atoms with Gasteiger partial charge in [-0.3, -0.25) is 9.59 Å². The molecule has 0 bridgehead atoms. The number of β-amino-alcohol motifs (C(OH)–C–C–N with tert-alkyl or cyclic N) is 1. The van der Waals surface area contributed by atoms with Crippen LogP contribution in [-0.4, -0.2) is 54.2 Å². The summed E-state index contributed by atoms with van der Waals surface area (Å²) >= 11 is 0. The van der Waals surface area contributed by atoms with Crippen LogP contribution in [0.4, 0.5) is 4.39 Å². The summed E-state index contributed by atoms with van der Waals surface area (Å²) < 4.78 is 19.1. The number of hydrogen-bond donors (Lipinski definition) is 2. The quantitative estimate of drug-likeness (QED) is 0.858.